The summed E-state index contributed by atoms with van der Waals surface area (Å²) in [5.41, 5.74) is 0.996. The van der Waals surface area contributed by atoms with E-state index in [4.69, 9.17) is 4.74 Å². The lowest BCUT2D eigenvalue weighted by Crippen LogP contribution is -2.48. The van der Waals surface area contributed by atoms with Crippen molar-refractivity contribution in [3.8, 4) is 0 Å². The first-order chi connectivity index (χ1) is 11.7. The molecule has 2 atom stereocenters. The predicted octanol–water partition coefficient (Wildman–Crippen LogP) is 2.49. The molecule has 0 spiro atoms. The van der Waals surface area contributed by atoms with Crippen molar-refractivity contribution in [3.63, 3.8) is 0 Å². The van der Waals surface area contributed by atoms with Crippen molar-refractivity contribution in [2.24, 2.45) is 10.9 Å². The molecule has 5 heteroatoms. The van der Waals surface area contributed by atoms with Gasteiger partial charge in [0, 0.05) is 0 Å². The molecule has 1 aliphatic carbocycles. The summed E-state index contributed by atoms with van der Waals surface area (Å²) in [7, 11) is 0. The van der Waals surface area contributed by atoms with Gasteiger partial charge < -0.3 is 4.74 Å². The fraction of sp³-hybridized carbons (Fsp3) is 0.316. The SMILES string of the molecule is CCOC(=O)CC1=NC2C=CC=CC2C(=O)N1Cc1ccccc1. The number of hydrogen-bond acceptors (Lipinski definition) is 4. The molecule has 2 unspecified atom stereocenters. The van der Waals surface area contributed by atoms with Crippen molar-refractivity contribution in [3.05, 3.63) is 60.2 Å². The van der Waals surface area contributed by atoms with Crippen LogP contribution in [-0.4, -0.2) is 35.3 Å². The van der Waals surface area contributed by atoms with Gasteiger partial charge in [0.05, 0.1) is 25.1 Å². The zero-order chi connectivity index (χ0) is 16.9. The molecule has 1 amide bonds. The second-order valence-electron chi connectivity index (χ2n) is 5.72. The van der Waals surface area contributed by atoms with Crippen LogP contribution >= 0.6 is 0 Å². The number of aliphatic imine (C=N–C) groups is 1. The number of carbonyl (C=O) groups excluding carboxylic acids is 2. The van der Waals surface area contributed by atoms with E-state index in [-0.39, 0.29) is 30.3 Å². The Balaban J connectivity index is 1.88. The maximum atomic E-state index is 12.9. The smallest absolute Gasteiger partial charge is 0.313 e. The molecule has 1 aromatic rings. The number of rotatable bonds is 5. The molecule has 2 aliphatic rings. The Bertz CT molecular complexity index is 707. The molecule has 1 aromatic carbocycles. The highest BCUT2D eigenvalue weighted by Gasteiger charge is 2.37. The summed E-state index contributed by atoms with van der Waals surface area (Å²) >= 11 is 0. The fourth-order valence-corrected chi connectivity index (χ4v) is 2.91. The Morgan fingerprint density at radius 1 is 1.21 bits per heavy atom. The van der Waals surface area contributed by atoms with Gasteiger partial charge in [-0.25, -0.2) is 0 Å². The average Bonchev–Trinajstić information content (AvgIpc) is 2.59. The number of nitrogens with zero attached hydrogens (tertiary/aromatic N) is 2. The zero-order valence-electron chi connectivity index (χ0n) is 13.6. The van der Waals surface area contributed by atoms with E-state index in [1.54, 1.807) is 11.8 Å². The topological polar surface area (TPSA) is 59.0 Å². The maximum absolute atomic E-state index is 12.9. The number of ether oxygens (including phenoxy) is 1. The number of fused-ring (bicyclic) bond motifs is 1. The Hall–Kier alpha value is -2.69. The van der Waals surface area contributed by atoms with E-state index < -0.39 is 0 Å². The second kappa shape index (κ2) is 7.25. The standard InChI is InChI=1S/C19H20N2O3/c1-2-24-18(22)12-17-20-16-11-7-6-10-15(16)19(23)21(17)13-14-8-4-3-5-9-14/h3-11,15-16H,2,12-13H2,1H3. The summed E-state index contributed by atoms with van der Waals surface area (Å²) in [5.74, 6) is -0.220. The van der Waals surface area contributed by atoms with E-state index in [2.05, 4.69) is 4.99 Å². The van der Waals surface area contributed by atoms with E-state index in [0.29, 0.717) is 19.0 Å². The minimum absolute atomic E-state index is 0.00713. The highest BCUT2D eigenvalue weighted by atomic mass is 16.5. The van der Waals surface area contributed by atoms with Gasteiger partial charge in [-0.1, -0.05) is 54.6 Å². The monoisotopic (exact) mass is 324 g/mol. The summed E-state index contributed by atoms with van der Waals surface area (Å²) in [5, 5.41) is 0. The lowest BCUT2D eigenvalue weighted by atomic mass is 9.91. The Labute approximate surface area is 141 Å². The van der Waals surface area contributed by atoms with Crippen LogP contribution in [0.2, 0.25) is 0 Å². The molecule has 3 rings (SSSR count). The summed E-state index contributed by atoms with van der Waals surface area (Å²) in [6.45, 7) is 2.48. The molecule has 24 heavy (non-hydrogen) atoms. The molecule has 0 saturated carbocycles. The first-order valence-electron chi connectivity index (χ1n) is 8.11. The van der Waals surface area contributed by atoms with Gasteiger partial charge in [0.2, 0.25) is 5.91 Å². The molecule has 0 radical (unpaired) electrons. The lowest BCUT2D eigenvalue weighted by molar-refractivity contribution is -0.141. The van der Waals surface area contributed by atoms with Gasteiger partial charge in [0.15, 0.2) is 0 Å². The van der Waals surface area contributed by atoms with E-state index in [0.717, 1.165) is 5.56 Å². The van der Waals surface area contributed by atoms with E-state index in [1.807, 2.05) is 54.6 Å². The number of amides is 1. The van der Waals surface area contributed by atoms with Gasteiger partial charge in [-0.15, -0.1) is 0 Å². The lowest BCUT2D eigenvalue weighted by Gasteiger charge is -2.35. The van der Waals surface area contributed by atoms with E-state index >= 15 is 0 Å². The van der Waals surface area contributed by atoms with Crippen molar-refractivity contribution in [2.45, 2.75) is 25.9 Å². The summed E-state index contributed by atoms with van der Waals surface area (Å²) < 4.78 is 5.02. The molecule has 0 saturated heterocycles. The molecular formula is C19H20N2O3. The van der Waals surface area contributed by atoms with Crippen LogP contribution < -0.4 is 0 Å². The number of hydrogen-bond donors (Lipinski definition) is 0. The van der Waals surface area contributed by atoms with Crippen LogP contribution in [0.3, 0.4) is 0 Å². The van der Waals surface area contributed by atoms with E-state index in [1.165, 1.54) is 0 Å². The van der Waals surface area contributed by atoms with Crippen molar-refractivity contribution < 1.29 is 14.3 Å². The normalized spacial score (nSPS) is 22.1. The number of benzene rings is 1. The van der Waals surface area contributed by atoms with Crippen LogP contribution in [0.4, 0.5) is 0 Å². The van der Waals surface area contributed by atoms with Gasteiger partial charge >= 0.3 is 5.97 Å². The molecule has 0 fully saturated rings. The fourth-order valence-electron chi connectivity index (χ4n) is 2.91. The largest absolute Gasteiger partial charge is 0.466 e. The summed E-state index contributed by atoms with van der Waals surface area (Å²) in [6.07, 6.45) is 7.52. The van der Waals surface area contributed by atoms with Gasteiger partial charge in [0.1, 0.15) is 12.3 Å². The Morgan fingerprint density at radius 3 is 2.71 bits per heavy atom. The van der Waals surface area contributed by atoms with Gasteiger partial charge in [-0.05, 0) is 12.5 Å². The number of esters is 1. The first-order valence-corrected chi connectivity index (χ1v) is 8.11. The van der Waals surface area contributed by atoms with Crippen molar-refractivity contribution in [2.75, 3.05) is 6.61 Å². The quantitative estimate of drug-likeness (QED) is 0.782. The number of allylic oxidation sites excluding steroid dienone is 2. The van der Waals surface area contributed by atoms with Crippen LogP contribution in [0.25, 0.3) is 0 Å². The molecular weight excluding hydrogens is 304 g/mol. The molecule has 0 N–H and O–H groups in total. The third-order valence-corrected chi connectivity index (χ3v) is 4.06. The van der Waals surface area contributed by atoms with Gasteiger partial charge in [0.25, 0.3) is 0 Å². The summed E-state index contributed by atoms with van der Waals surface area (Å²) in [6, 6.07) is 9.46. The minimum atomic E-state index is -0.365. The Kier molecular flexibility index (Phi) is 4.89. The Morgan fingerprint density at radius 2 is 1.96 bits per heavy atom. The average molecular weight is 324 g/mol. The second-order valence-corrected chi connectivity index (χ2v) is 5.72. The molecule has 1 aliphatic heterocycles. The minimum Gasteiger partial charge on any atom is -0.466 e. The van der Waals surface area contributed by atoms with Crippen molar-refractivity contribution >= 4 is 17.7 Å². The predicted molar refractivity (Wildman–Crippen MR) is 91.2 cm³/mol. The van der Waals surface area contributed by atoms with E-state index in [9.17, 15) is 9.59 Å². The van der Waals surface area contributed by atoms with Gasteiger partial charge in [-0.2, -0.15) is 0 Å². The third-order valence-electron chi connectivity index (χ3n) is 4.06. The number of carbonyl (C=O) groups is 2. The van der Waals surface area contributed by atoms with Crippen LogP contribution in [0.15, 0.2) is 59.6 Å². The highest BCUT2D eigenvalue weighted by Crippen LogP contribution is 2.26. The zero-order valence-corrected chi connectivity index (χ0v) is 13.6. The summed E-state index contributed by atoms with van der Waals surface area (Å²) in [4.78, 5) is 31.1. The van der Waals surface area contributed by atoms with Crippen LogP contribution in [0, 0.1) is 5.92 Å². The molecule has 0 bridgehead atoms. The van der Waals surface area contributed by atoms with Crippen molar-refractivity contribution in [1.29, 1.82) is 0 Å². The third kappa shape index (κ3) is 3.45. The maximum Gasteiger partial charge on any atom is 0.313 e. The molecule has 124 valence electrons. The van der Waals surface area contributed by atoms with Gasteiger partial charge in [-0.3, -0.25) is 19.5 Å². The number of amidine groups is 1. The highest BCUT2D eigenvalue weighted by molar-refractivity contribution is 6.08. The van der Waals surface area contributed by atoms with Crippen LogP contribution in [0.1, 0.15) is 18.9 Å². The van der Waals surface area contributed by atoms with Crippen LogP contribution in [-0.2, 0) is 20.9 Å². The van der Waals surface area contributed by atoms with Crippen LogP contribution in [0.5, 0.6) is 0 Å². The molecule has 5 nitrogen and oxygen atoms in total. The first kappa shape index (κ1) is 16.2. The molecule has 0 aromatic heterocycles. The van der Waals surface area contributed by atoms with Crippen molar-refractivity contribution in [1.82, 2.24) is 4.90 Å². The molecule has 1 heterocycles.